The molecular formula is C31H27N3O9. The highest BCUT2D eigenvalue weighted by Gasteiger charge is 2.64. The average Bonchev–Trinajstić information content (AvgIpc) is 2.96. The number of anilines is 2. The van der Waals surface area contributed by atoms with Crippen molar-refractivity contribution in [2.45, 2.75) is 31.0 Å². The number of nitrogens with two attached hydrogens (primary N) is 1. The van der Waals surface area contributed by atoms with Gasteiger partial charge in [-0.2, -0.15) is 0 Å². The van der Waals surface area contributed by atoms with Crippen LogP contribution in [-0.2, 0) is 14.4 Å². The second-order valence-corrected chi connectivity index (χ2v) is 11.0. The van der Waals surface area contributed by atoms with Crippen LogP contribution in [0.4, 0.5) is 16.2 Å². The summed E-state index contributed by atoms with van der Waals surface area (Å²) >= 11 is 0. The summed E-state index contributed by atoms with van der Waals surface area (Å²) in [4.78, 5) is 51.2. The number of primary amides is 1. The van der Waals surface area contributed by atoms with Gasteiger partial charge >= 0.3 is 6.03 Å². The van der Waals surface area contributed by atoms with Crippen LogP contribution in [0.15, 0.2) is 71.5 Å². The van der Waals surface area contributed by atoms with Gasteiger partial charge in [-0.1, -0.05) is 49.4 Å². The number of Topliss-reactive ketones (excluding diaryl/α,β-unsaturated/α-hetero) is 2. The first-order chi connectivity index (χ1) is 20.4. The minimum atomic E-state index is -2.93. The third-order valence-electron chi connectivity index (χ3n) is 8.79. The molecule has 3 amide bonds. The van der Waals surface area contributed by atoms with E-state index in [0.29, 0.717) is 11.3 Å². The van der Waals surface area contributed by atoms with Crippen LogP contribution in [0.2, 0.25) is 0 Å². The Morgan fingerprint density at radius 2 is 1.63 bits per heavy atom. The number of aromatic hydroxyl groups is 1. The number of aliphatic hydroxyl groups is 4. The van der Waals surface area contributed by atoms with Crippen LogP contribution in [-0.4, -0.2) is 60.7 Å². The van der Waals surface area contributed by atoms with Crippen molar-refractivity contribution in [3.05, 3.63) is 82.6 Å². The smallest absolute Gasteiger partial charge is 0.323 e. The molecule has 1 fully saturated rings. The molecule has 6 rings (SSSR count). The first-order valence-electron chi connectivity index (χ1n) is 13.4. The van der Waals surface area contributed by atoms with Gasteiger partial charge in [0.1, 0.15) is 22.8 Å². The largest absolute Gasteiger partial charge is 0.508 e. The lowest BCUT2D eigenvalue weighted by Crippen LogP contribution is -2.63. The minimum Gasteiger partial charge on any atom is -0.508 e. The van der Waals surface area contributed by atoms with E-state index in [0.717, 1.165) is 10.8 Å². The number of carbonyl (C=O) groups is 4. The highest BCUT2D eigenvalue weighted by atomic mass is 16.4. The lowest BCUT2D eigenvalue weighted by Gasteiger charge is -2.50. The lowest BCUT2D eigenvalue weighted by molar-refractivity contribution is -0.160. The molecule has 0 saturated heterocycles. The molecule has 3 aromatic rings. The zero-order chi connectivity index (χ0) is 31.0. The Morgan fingerprint density at radius 1 is 0.953 bits per heavy atom. The fourth-order valence-corrected chi connectivity index (χ4v) is 6.71. The first kappa shape index (κ1) is 27.9. The molecule has 0 heterocycles. The first-order valence-corrected chi connectivity index (χ1v) is 13.4. The van der Waals surface area contributed by atoms with Crippen LogP contribution in [0.25, 0.3) is 16.5 Å². The Bertz CT molecular complexity index is 1840. The van der Waals surface area contributed by atoms with Gasteiger partial charge in [-0.15, -0.1) is 0 Å². The molecule has 0 spiro atoms. The van der Waals surface area contributed by atoms with Gasteiger partial charge in [-0.3, -0.25) is 14.4 Å². The normalized spacial score (nSPS) is 26.5. The Hall–Kier alpha value is -5.20. The average molecular weight is 586 g/mol. The van der Waals surface area contributed by atoms with Gasteiger partial charge in [0.15, 0.2) is 11.4 Å². The summed E-state index contributed by atoms with van der Waals surface area (Å²) in [6, 6.07) is 15.0. The fraction of sp³-hybridized carbons (Fsp3) is 0.226. The number of fused-ring (bicyclic) bond motifs is 4. The number of aliphatic hydroxyl groups excluding tert-OH is 3. The number of rotatable bonds is 3. The van der Waals surface area contributed by atoms with E-state index in [9.17, 15) is 44.7 Å². The van der Waals surface area contributed by atoms with Gasteiger partial charge < -0.3 is 41.9 Å². The summed E-state index contributed by atoms with van der Waals surface area (Å²) in [6.07, 6.45) is -2.29. The van der Waals surface area contributed by atoms with Crippen molar-refractivity contribution in [3.63, 3.8) is 0 Å². The van der Waals surface area contributed by atoms with E-state index in [-0.39, 0.29) is 11.3 Å². The summed E-state index contributed by atoms with van der Waals surface area (Å²) in [6.45, 7) is 1.62. The molecule has 0 bridgehead atoms. The molecule has 43 heavy (non-hydrogen) atoms. The third kappa shape index (κ3) is 3.91. The van der Waals surface area contributed by atoms with Crippen LogP contribution in [0.5, 0.6) is 5.75 Å². The molecule has 12 nitrogen and oxygen atoms in total. The molecule has 0 radical (unpaired) electrons. The van der Waals surface area contributed by atoms with Crippen molar-refractivity contribution < 1.29 is 44.7 Å². The Labute approximate surface area is 243 Å². The molecule has 0 aliphatic heterocycles. The van der Waals surface area contributed by atoms with Gasteiger partial charge in [0.05, 0.1) is 23.0 Å². The lowest BCUT2D eigenvalue weighted by atomic mass is 9.55. The monoisotopic (exact) mass is 585 g/mol. The number of carbonyl (C=O) groups excluding carboxylic acids is 4. The molecule has 220 valence electrons. The minimum absolute atomic E-state index is 0.114. The van der Waals surface area contributed by atoms with Gasteiger partial charge in [-0.05, 0) is 29.0 Å². The van der Waals surface area contributed by atoms with Crippen molar-refractivity contribution in [1.82, 2.24) is 0 Å². The van der Waals surface area contributed by atoms with E-state index in [2.05, 4.69) is 10.6 Å². The Balaban J connectivity index is 1.40. The maximum atomic E-state index is 13.8. The number of hydrogen-bond acceptors (Lipinski definition) is 9. The summed E-state index contributed by atoms with van der Waals surface area (Å²) in [7, 11) is 0. The molecule has 5 atom stereocenters. The van der Waals surface area contributed by atoms with Crippen LogP contribution < -0.4 is 16.4 Å². The van der Waals surface area contributed by atoms with Crippen molar-refractivity contribution in [2.75, 3.05) is 10.6 Å². The SMILES string of the molecule is C[C@H]1c2ccc(NC(=O)Nc3cccc4ccccc34)c(O)c2C(O)=C2C(=O)[C@]3(O)C(O)=C(C(N)=O)C(=O)C[C@@H]3[C@@H](O)[C@@H]21. The predicted molar refractivity (Wildman–Crippen MR) is 154 cm³/mol. The van der Waals surface area contributed by atoms with Crippen molar-refractivity contribution in [3.8, 4) is 5.75 Å². The van der Waals surface area contributed by atoms with Gasteiger partial charge in [0.25, 0.3) is 5.91 Å². The fourth-order valence-electron chi connectivity index (χ4n) is 6.71. The van der Waals surface area contributed by atoms with Crippen molar-refractivity contribution in [2.24, 2.45) is 17.6 Å². The van der Waals surface area contributed by atoms with E-state index in [4.69, 9.17) is 5.73 Å². The summed E-state index contributed by atoms with van der Waals surface area (Å²) in [5, 5.41) is 63.0. The molecule has 0 aromatic heterocycles. The number of amides is 3. The number of ketones is 2. The molecule has 3 aliphatic carbocycles. The molecule has 3 aromatic carbocycles. The number of phenols is 1. The van der Waals surface area contributed by atoms with Gasteiger partial charge in [-0.25, -0.2) is 4.79 Å². The maximum absolute atomic E-state index is 13.8. The summed E-state index contributed by atoms with van der Waals surface area (Å²) < 4.78 is 0. The van der Waals surface area contributed by atoms with E-state index < -0.39 is 87.8 Å². The molecule has 12 heteroatoms. The molecule has 0 unspecified atom stereocenters. The van der Waals surface area contributed by atoms with Crippen LogP contribution >= 0.6 is 0 Å². The number of nitrogens with one attached hydrogen (secondary N) is 2. The number of hydrogen-bond donors (Lipinski definition) is 8. The zero-order valence-corrected chi connectivity index (χ0v) is 22.7. The zero-order valence-electron chi connectivity index (χ0n) is 22.7. The number of benzene rings is 3. The Morgan fingerprint density at radius 3 is 2.35 bits per heavy atom. The quantitative estimate of drug-likeness (QED) is 0.167. The third-order valence-corrected chi connectivity index (χ3v) is 8.79. The molecule has 9 N–H and O–H groups in total. The maximum Gasteiger partial charge on any atom is 0.323 e. The van der Waals surface area contributed by atoms with Crippen LogP contribution in [0.1, 0.15) is 30.4 Å². The number of phenolic OH excluding ortho intramolecular Hbond substituents is 1. The van der Waals surface area contributed by atoms with Gasteiger partial charge in [0.2, 0.25) is 5.78 Å². The van der Waals surface area contributed by atoms with Crippen LogP contribution in [0, 0.1) is 11.8 Å². The predicted octanol–water partition coefficient (Wildman–Crippen LogP) is 2.75. The highest BCUT2D eigenvalue weighted by molar-refractivity contribution is 6.23. The molecular weight excluding hydrogens is 558 g/mol. The number of urea groups is 1. The topological polar surface area (TPSA) is 220 Å². The van der Waals surface area contributed by atoms with Crippen LogP contribution in [0.3, 0.4) is 0 Å². The molecule has 1 saturated carbocycles. The van der Waals surface area contributed by atoms with Crippen molar-refractivity contribution in [1.29, 1.82) is 0 Å². The van der Waals surface area contributed by atoms with Gasteiger partial charge in [0, 0.05) is 29.2 Å². The van der Waals surface area contributed by atoms with E-state index in [1.165, 1.54) is 12.1 Å². The molecule has 3 aliphatic rings. The van der Waals surface area contributed by atoms with Crippen molar-refractivity contribution >= 4 is 51.4 Å². The summed E-state index contributed by atoms with van der Waals surface area (Å²) in [5.41, 5.74) is 1.29. The highest BCUT2D eigenvalue weighted by Crippen LogP contribution is 2.56. The summed E-state index contributed by atoms with van der Waals surface area (Å²) in [5.74, 6) is -9.67. The van der Waals surface area contributed by atoms with E-state index >= 15 is 0 Å². The second-order valence-electron chi connectivity index (χ2n) is 11.0. The second kappa shape index (κ2) is 9.68. The van der Waals surface area contributed by atoms with E-state index in [1.54, 1.807) is 19.1 Å². The standard InChI is InChI=1S/C31H27N3O9/c1-12-14-9-10-18(34-30(42)33-17-8-4-6-13-5-2-3-7-15(13)17)25(37)21(14)26(38)23-20(12)24(36)16-11-19(35)22(29(32)41)27(39)31(16,43)28(23)40/h2-10,12,16,20,24,36-39,43H,11H2,1H3,(H2,32,41)(H2,33,34,42)/t12-,16+,20+,24+,31+/m0/s1. The van der Waals surface area contributed by atoms with E-state index in [1.807, 2.05) is 30.3 Å². The Kier molecular flexibility index (Phi) is 6.29.